The highest BCUT2D eigenvalue weighted by Crippen LogP contribution is 2.17. The minimum absolute atomic E-state index is 0.0755. The Labute approximate surface area is 110 Å². The van der Waals surface area contributed by atoms with Crippen molar-refractivity contribution in [3.63, 3.8) is 0 Å². The minimum Gasteiger partial charge on any atom is -0.307 e. The first-order valence-corrected chi connectivity index (χ1v) is 6.99. The Balaban J connectivity index is 2.06. The molecule has 1 saturated heterocycles. The van der Waals surface area contributed by atoms with Crippen molar-refractivity contribution in [2.45, 2.75) is 52.0 Å². The summed E-state index contributed by atoms with van der Waals surface area (Å²) in [6.07, 6.45) is 5.21. The molecule has 1 fully saturated rings. The van der Waals surface area contributed by atoms with Crippen molar-refractivity contribution in [3.8, 4) is 0 Å². The maximum Gasteiger partial charge on any atom is 0.154 e. The van der Waals surface area contributed by atoms with Crippen LogP contribution in [0.2, 0.25) is 0 Å². The van der Waals surface area contributed by atoms with Gasteiger partial charge in [-0.3, -0.25) is 4.79 Å². The van der Waals surface area contributed by atoms with E-state index in [0.717, 1.165) is 13.0 Å². The Kier molecular flexibility index (Phi) is 4.54. The maximum atomic E-state index is 12.4. The number of benzene rings is 1. The van der Waals surface area contributed by atoms with Crippen LogP contribution in [-0.4, -0.2) is 18.4 Å². The van der Waals surface area contributed by atoms with Crippen LogP contribution in [0.25, 0.3) is 0 Å². The van der Waals surface area contributed by atoms with E-state index in [0.29, 0.717) is 12.2 Å². The van der Waals surface area contributed by atoms with E-state index in [9.17, 15) is 4.79 Å². The van der Waals surface area contributed by atoms with Crippen molar-refractivity contribution in [1.82, 2.24) is 5.32 Å². The zero-order valence-corrected chi connectivity index (χ0v) is 11.5. The summed E-state index contributed by atoms with van der Waals surface area (Å²) in [5.74, 6) is 0.356. The van der Waals surface area contributed by atoms with E-state index in [4.69, 9.17) is 0 Å². The highest BCUT2D eigenvalue weighted by atomic mass is 16.1. The number of aryl methyl sites for hydroxylation is 2. The average Bonchev–Trinajstić information content (AvgIpc) is 2.62. The number of nitrogens with one attached hydrogen (secondary N) is 1. The smallest absolute Gasteiger partial charge is 0.154 e. The second kappa shape index (κ2) is 6.14. The van der Waals surface area contributed by atoms with E-state index >= 15 is 0 Å². The van der Waals surface area contributed by atoms with Gasteiger partial charge in [0.05, 0.1) is 6.04 Å². The Bertz CT molecular complexity index is 397. The van der Waals surface area contributed by atoms with Crippen molar-refractivity contribution < 1.29 is 4.79 Å². The number of ketones is 1. The molecule has 0 saturated carbocycles. The lowest BCUT2D eigenvalue weighted by molar-refractivity contribution is -0.120. The van der Waals surface area contributed by atoms with Gasteiger partial charge in [-0.15, -0.1) is 0 Å². The average molecular weight is 245 g/mol. The molecule has 0 bridgehead atoms. The predicted octanol–water partition coefficient (Wildman–Crippen LogP) is 2.95. The van der Waals surface area contributed by atoms with Crippen LogP contribution in [0.15, 0.2) is 18.2 Å². The number of Topliss-reactive ketones (excluding diaryl/α,β-unsaturated/α-hetero) is 1. The molecule has 18 heavy (non-hydrogen) atoms. The summed E-state index contributed by atoms with van der Waals surface area (Å²) in [7, 11) is 0. The van der Waals surface area contributed by atoms with Crippen molar-refractivity contribution >= 4 is 5.78 Å². The van der Waals surface area contributed by atoms with Gasteiger partial charge in [-0.1, -0.05) is 31.0 Å². The van der Waals surface area contributed by atoms with Gasteiger partial charge in [-0.05, 0) is 49.9 Å². The van der Waals surface area contributed by atoms with E-state index in [1.165, 1.54) is 36.0 Å². The fourth-order valence-electron chi connectivity index (χ4n) is 2.73. The SMILES string of the molecule is Cc1cccc(C)c1CC(=O)C1CCCCCN1. The predicted molar refractivity (Wildman–Crippen MR) is 74.9 cm³/mol. The lowest BCUT2D eigenvalue weighted by Gasteiger charge is -2.16. The Hall–Kier alpha value is -1.15. The molecule has 1 N–H and O–H groups in total. The van der Waals surface area contributed by atoms with Gasteiger partial charge in [0.25, 0.3) is 0 Å². The first-order valence-electron chi connectivity index (χ1n) is 6.99. The molecule has 2 heteroatoms. The van der Waals surface area contributed by atoms with Crippen LogP contribution in [-0.2, 0) is 11.2 Å². The topological polar surface area (TPSA) is 29.1 Å². The fraction of sp³-hybridized carbons (Fsp3) is 0.562. The molecule has 0 radical (unpaired) electrons. The van der Waals surface area contributed by atoms with Crippen LogP contribution in [0, 0.1) is 13.8 Å². The second-order valence-electron chi connectivity index (χ2n) is 5.37. The molecule has 2 rings (SSSR count). The van der Waals surface area contributed by atoms with Gasteiger partial charge in [-0.2, -0.15) is 0 Å². The maximum absolute atomic E-state index is 12.4. The quantitative estimate of drug-likeness (QED) is 0.887. The molecule has 0 aromatic heterocycles. The molecule has 1 aromatic rings. The van der Waals surface area contributed by atoms with Gasteiger partial charge < -0.3 is 5.32 Å². The standard InChI is InChI=1S/C16H23NO/c1-12-7-6-8-13(2)14(12)11-16(18)15-9-4-3-5-10-17-15/h6-8,15,17H,3-5,9-11H2,1-2H3. The zero-order chi connectivity index (χ0) is 13.0. The Morgan fingerprint density at radius 1 is 1.22 bits per heavy atom. The molecule has 1 heterocycles. The fourth-order valence-corrected chi connectivity index (χ4v) is 2.73. The lowest BCUT2D eigenvalue weighted by atomic mass is 9.94. The van der Waals surface area contributed by atoms with Crippen LogP contribution < -0.4 is 5.32 Å². The third-order valence-electron chi connectivity index (χ3n) is 3.94. The molecule has 1 aromatic carbocycles. The van der Waals surface area contributed by atoms with Gasteiger partial charge in [0.2, 0.25) is 0 Å². The van der Waals surface area contributed by atoms with Gasteiger partial charge >= 0.3 is 0 Å². The van der Waals surface area contributed by atoms with Gasteiger partial charge in [-0.25, -0.2) is 0 Å². The van der Waals surface area contributed by atoms with E-state index < -0.39 is 0 Å². The van der Waals surface area contributed by atoms with Crippen molar-refractivity contribution in [3.05, 3.63) is 34.9 Å². The highest BCUT2D eigenvalue weighted by Gasteiger charge is 2.20. The molecule has 1 aliphatic heterocycles. The van der Waals surface area contributed by atoms with Crippen LogP contribution in [0.3, 0.4) is 0 Å². The third kappa shape index (κ3) is 3.20. The molecule has 98 valence electrons. The van der Waals surface area contributed by atoms with Gasteiger partial charge in [0.1, 0.15) is 0 Å². The number of hydrogen-bond acceptors (Lipinski definition) is 2. The monoisotopic (exact) mass is 245 g/mol. The summed E-state index contributed by atoms with van der Waals surface area (Å²) in [4.78, 5) is 12.4. The summed E-state index contributed by atoms with van der Waals surface area (Å²) in [6, 6.07) is 6.32. The van der Waals surface area contributed by atoms with Gasteiger partial charge in [0.15, 0.2) is 5.78 Å². The molecule has 1 atom stereocenters. The molecular weight excluding hydrogens is 222 g/mol. The van der Waals surface area contributed by atoms with E-state index in [1.54, 1.807) is 0 Å². The Morgan fingerprint density at radius 3 is 2.67 bits per heavy atom. The summed E-state index contributed by atoms with van der Waals surface area (Å²) >= 11 is 0. The van der Waals surface area contributed by atoms with Crippen LogP contribution >= 0.6 is 0 Å². The highest BCUT2D eigenvalue weighted by molar-refractivity contribution is 5.86. The first-order chi connectivity index (χ1) is 8.68. The number of rotatable bonds is 3. The molecular formula is C16H23NO. The van der Waals surface area contributed by atoms with Gasteiger partial charge in [0, 0.05) is 6.42 Å². The van der Waals surface area contributed by atoms with Crippen LogP contribution in [0.5, 0.6) is 0 Å². The molecule has 1 unspecified atom stereocenters. The largest absolute Gasteiger partial charge is 0.307 e. The summed E-state index contributed by atoms with van der Waals surface area (Å²) in [6.45, 7) is 5.18. The van der Waals surface area contributed by atoms with Crippen molar-refractivity contribution in [1.29, 1.82) is 0 Å². The minimum atomic E-state index is 0.0755. The molecule has 0 spiro atoms. The molecule has 0 amide bonds. The number of hydrogen-bond donors (Lipinski definition) is 1. The molecule has 1 aliphatic rings. The normalized spacial score (nSPS) is 20.4. The summed E-state index contributed by atoms with van der Waals surface area (Å²) in [5, 5.41) is 3.39. The van der Waals surface area contributed by atoms with Crippen molar-refractivity contribution in [2.75, 3.05) is 6.54 Å². The number of carbonyl (C=O) groups is 1. The van der Waals surface area contributed by atoms with E-state index in [1.807, 2.05) is 0 Å². The second-order valence-corrected chi connectivity index (χ2v) is 5.37. The first kappa shape index (κ1) is 13.3. The zero-order valence-electron chi connectivity index (χ0n) is 11.5. The number of carbonyl (C=O) groups excluding carboxylic acids is 1. The van der Waals surface area contributed by atoms with Crippen LogP contribution in [0.1, 0.15) is 42.4 Å². The molecule has 0 aliphatic carbocycles. The van der Waals surface area contributed by atoms with E-state index in [-0.39, 0.29) is 6.04 Å². The van der Waals surface area contributed by atoms with Crippen LogP contribution in [0.4, 0.5) is 0 Å². The lowest BCUT2D eigenvalue weighted by Crippen LogP contribution is -2.37. The Morgan fingerprint density at radius 2 is 1.94 bits per heavy atom. The third-order valence-corrected chi connectivity index (χ3v) is 3.94. The van der Waals surface area contributed by atoms with E-state index in [2.05, 4.69) is 37.4 Å². The summed E-state index contributed by atoms with van der Waals surface area (Å²) in [5.41, 5.74) is 3.68. The van der Waals surface area contributed by atoms with Crippen molar-refractivity contribution in [2.24, 2.45) is 0 Å². The molecule has 2 nitrogen and oxygen atoms in total. The summed E-state index contributed by atoms with van der Waals surface area (Å²) < 4.78 is 0.